The predicted molar refractivity (Wildman–Crippen MR) is 162 cm³/mol. The Morgan fingerprint density at radius 1 is 0.568 bits per heavy atom. The van der Waals surface area contributed by atoms with E-state index in [1.165, 1.54) is 38.6 Å². The molecule has 0 saturated heterocycles. The van der Waals surface area contributed by atoms with E-state index in [4.69, 9.17) is 0 Å². The molecular formula is C35H34N2. The van der Waals surface area contributed by atoms with Crippen LogP contribution in [0.1, 0.15) is 26.7 Å². The lowest BCUT2D eigenvalue weighted by Gasteiger charge is -2.29. The Kier molecular flexibility index (Phi) is 7.37. The van der Waals surface area contributed by atoms with Crippen LogP contribution in [0.4, 0.5) is 22.7 Å². The van der Waals surface area contributed by atoms with E-state index in [2.05, 4.69) is 144 Å². The molecule has 0 unspecified atom stereocenters. The summed E-state index contributed by atoms with van der Waals surface area (Å²) in [5.41, 5.74) is 5.94. The maximum atomic E-state index is 2.39. The monoisotopic (exact) mass is 482 g/mol. The Balaban J connectivity index is 0.00000137. The third kappa shape index (κ3) is 5.01. The molecule has 0 spiro atoms. The summed E-state index contributed by atoms with van der Waals surface area (Å²) in [4.78, 5) is 4.63. The number of hydrogen-bond donors (Lipinski definition) is 0. The van der Waals surface area contributed by atoms with Gasteiger partial charge in [-0.25, -0.2) is 0 Å². The Hall–Kier alpha value is -4.30. The van der Waals surface area contributed by atoms with E-state index >= 15 is 0 Å². The maximum absolute atomic E-state index is 2.39. The van der Waals surface area contributed by atoms with Crippen LogP contribution in [0, 0.1) is 0 Å². The molecule has 0 fully saturated rings. The van der Waals surface area contributed by atoms with Crippen LogP contribution in [0.2, 0.25) is 0 Å². The van der Waals surface area contributed by atoms with Crippen molar-refractivity contribution in [2.24, 2.45) is 0 Å². The Morgan fingerprint density at radius 2 is 1.22 bits per heavy atom. The highest BCUT2D eigenvalue weighted by Crippen LogP contribution is 2.38. The first-order chi connectivity index (χ1) is 18.3. The molecule has 0 atom stereocenters. The Labute approximate surface area is 220 Å². The van der Waals surface area contributed by atoms with Crippen molar-refractivity contribution in [2.75, 3.05) is 16.8 Å². The maximum Gasteiger partial charge on any atom is 0.0539 e. The molecule has 37 heavy (non-hydrogen) atoms. The van der Waals surface area contributed by atoms with E-state index in [0.29, 0.717) is 0 Å². The van der Waals surface area contributed by atoms with Gasteiger partial charge in [-0.05, 0) is 77.5 Å². The summed E-state index contributed by atoms with van der Waals surface area (Å²) in [7, 11) is 2.13. The molecule has 5 aromatic rings. The number of hydrogen-bond acceptors (Lipinski definition) is 2. The third-order valence-corrected chi connectivity index (χ3v) is 6.86. The molecule has 2 heteroatoms. The number of benzene rings is 5. The molecule has 0 saturated carbocycles. The largest absolute Gasteiger partial charge is 0.345 e. The molecule has 6 rings (SSSR count). The average molecular weight is 483 g/mol. The highest BCUT2D eigenvalue weighted by Gasteiger charge is 2.17. The van der Waals surface area contributed by atoms with Gasteiger partial charge in [0.1, 0.15) is 0 Å². The van der Waals surface area contributed by atoms with Crippen LogP contribution in [0.15, 0.2) is 133 Å². The van der Waals surface area contributed by atoms with Crippen LogP contribution in [0.3, 0.4) is 0 Å². The van der Waals surface area contributed by atoms with E-state index in [1.54, 1.807) is 0 Å². The first-order valence-corrected chi connectivity index (χ1v) is 13.3. The zero-order chi connectivity index (χ0) is 25.6. The molecule has 0 bridgehead atoms. The smallest absolute Gasteiger partial charge is 0.0539 e. The second-order valence-corrected chi connectivity index (χ2v) is 9.05. The Bertz CT molecular complexity index is 1550. The number of nitrogens with zero attached hydrogens (tertiary/aromatic N) is 2. The first kappa shape index (κ1) is 24.4. The fraction of sp³-hybridized carbons (Fsp3) is 0.143. The van der Waals surface area contributed by atoms with Gasteiger partial charge in [-0.15, -0.1) is 0 Å². The fourth-order valence-corrected chi connectivity index (χ4v) is 4.96. The van der Waals surface area contributed by atoms with Crippen molar-refractivity contribution in [3.63, 3.8) is 0 Å². The van der Waals surface area contributed by atoms with Gasteiger partial charge in [0, 0.05) is 35.2 Å². The lowest BCUT2D eigenvalue weighted by molar-refractivity contribution is 0.998. The van der Waals surface area contributed by atoms with Crippen molar-refractivity contribution in [3.8, 4) is 0 Å². The predicted octanol–water partition coefficient (Wildman–Crippen LogP) is 10.2. The summed E-state index contributed by atoms with van der Waals surface area (Å²) < 4.78 is 0. The molecule has 0 aliphatic heterocycles. The van der Waals surface area contributed by atoms with Gasteiger partial charge in [-0.3, -0.25) is 0 Å². The van der Waals surface area contributed by atoms with Gasteiger partial charge in [-0.1, -0.05) is 92.7 Å². The third-order valence-electron chi connectivity index (χ3n) is 6.86. The number of rotatable bonds is 5. The van der Waals surface area contributed by atoms with Gasteiger partial charge in [-0.2, -0.15) is 0 Å². The molecule has 5 aromatic carbocycles. The first-order valence-electron chi connectivity index (χ1n) is 13.3. The van der Waals surface area contributed by atoms with Gasteiger partial charge in [0.15, 0.2) is 0 Å². The van der Waals surface area contributed by atoms with Crippen molar-refractivity contribution in [2.45, 2.75) is 26.7 Å². The van der Waals surface area contributed by atoms with Crippen LogP contribution in [0.25, 0.3) is 21.5 Å². The standard InChI is InChI=1S/C33H28N2.C2H6/c1-34(31-19-18-25-10-5-6-12-27(25)24-31)28-20-22-30(23-21-28)35(29-14-3-2-4-15-29)33-17-9-13-26-11-7-8-16-32(26)33;1-2/h3,5-24H,2,4H2,1H3;1-2H3. The van der Waals surface area contributed by atoms with Crippen LogP contribution in [-0.4, -0.2) is 7.05 Å². The zero-order valence-corrected chi connectivity index (χ0v) is 21.9. The van der Waals surface area contributed by atoms with E-state index in [0.717, 1.165) is 24.2 Å². The number of anilines is 4. The quantitative estimate of drug-likeness (QED) is 0.246. The SMILES string of the molecule is CC.CN(c1ccc(N(C2=CCCC=C2)c2cccc3ccccc23)cc1)c1ccc2ccccc2c1. The summed E-state index contributed by atoms with van der Waals surface area (Å²) >= 11 is 0. The highest BCUT2D eigenvalue weighted by atomic mass is 15.2. The number of fused-ring (bicyclic) bond motifs is 2. The molecule has 0 heterocycles. The second kappa shape index (κ2) is 11.2. The molecule has 0 aromatic heterocycles. The second-order valence-electron chi connectivity index (χ2n) is 9.05. The highest BCUT2D eigenvalue weighted by molar-refractivity contribution is 5.97. The van der Waals surface area contributed by atoms with Crippen molar-refractivity contribution in [3.05, 3.63) is 133 Å². The topological polar surface area (TPSA) is 6.48 Å². The van der Waals surface area contributed by atoms with E-state index in [9.17, 15) is 0 Å². The molecular weight excluding hydrogens is 448 g/mol. The van der Waals surface area contributed by atoms with Crippen LogP contribution in [0.5, 0.6) is 0 Å². The minimum atomic E-state index is 1.07. The molecule has 0 amide bonds. The summed E-state index contributed by atoms with van der Waals surface area (Å²) in [5, 5.41) is 5.03. The summed E-state index contributed by atoms with van der Waals surface area (Å²) in [6, 6.07) is 39.2. The van der Waals surface area contributed by atoms with Crippen molar-refractivity contribution in [1.82, 2.24) is 0 Å². The normalized spacial score (nSPS) is 12.6. The van der Waals surface area contributed by atoms with Gasteiger partial charge in [0.25, 0.3) is 0 Å². The van der Waals surface area contributed by atoms with Crippen LogP contribution >= 0.6 is 0 Å². The molecule has 2 nitrogen and oxygen atoms in total. The lowest BCUT2D eigenvalue weighted by Crippen LogP contribution is -2.17. The van der Waals surface area contributed by atoms with Gasteiger partial charge >= 0.3 is 0 Å². The fourth-order valence-electron chi connectivity index (χ4n) is 4.96. The number of allylic oxidation sites excluding steroid dienone is 3. The average Bonchev–Trinajstić information content (AvgIpc) is 2.99. The van der Waals surface area contributed by atoms with Gasteiger partial charge in [0.2, 0.25) is 0 Å². The molecule has 1 aliphatic rings. The summed E-state index contributed by atoms with van der Waals surface area (Å²) in [6.07, 6.45) is 9.03. The minimum Gasteiger partial charge on any atom is -0.345 e. The van der Waals surface area contributed by atoms with Gasteiger partial charge < -0.3 is 9.80 Å². The summed E-state index contributed by atoms with van der Waals surface area (Å²) in [6.45, 7) is 4.00. The Morgan fingerprint density at radius 3 is 1.97 bits per heavy atom. The van der Waals surface area contributed by atoms with Gasteiger partial charge in [0.05, 0.1) is 5.69 Å². The van der Waals surface area contributed by atoms with E-state index in [1.807, 2.05) is 13.8 Å². The van der Waals surface area contributed by atoms with E-state index < -0.39 is 0 Å². The molecule has 1 aliphatic carbocycles. The van der Waals surface area contributed by atoms with Crippen molar-refractivity contribution >= 4 is 44.3 Å². The molecule has 184 valence electrons. The van der Waals surface area contributed by atoms with Crippen LogP contribution in [-0.2, 0) is 0 Å². The van der Waals surface area contributed by atoms with Crippen molar-refractivity contribution < 1.29 is 0 Å². The van der Waals surface area contributed by atoms with E-state index in [-0.39, 0.29) is 0 Å². The minimum absolute atomic E-state index is 1.07. The van der Waals surface area contributed by atoms with Crippen molar-refractivity contribution in [1.29, 1.82) is 0 Å². The van der Waals surface area contributed by atoms with Crippen LogP contribution < -0.4 is 9.80 Å². The summed E-state index contributed by atoms with van der Waals surface area (Å²) in [5.74, 6) is 0. The molecule has 0 radical (unpaired) electrons. The lowest BCUT2D eigenvalue weighted by atomic mass is 10.0. The zero-order valence-electron chi connectivity index (χ0n) is 21.9. The molecule has 0 N–H and O–H groups in total.